The molecular weight excluding hydrogens is 548 g/mol. The summed E-state index contributed by atoms with van der Waals surface area (Å²) in [5.74, 6) is 0. The van der Waals surface area contributed by atoms with Crippen LogP contribution in [0.3, 0.4) is 0 Å². The van der Waals surface area contributed by atoms with Crippen LogP contribution in [0.1, 0.15) is 36.4 Å². The van der Waals surface area contributed by atoms with Gasteiger partial charge in [0.05, 0.1) is 27.6 Å². The summed E-state index contributed by atoms with van der Waals surface area (Å²) < 4.78 is 5.12. The lowest BCUT2D eigenvalue weighted by molar-refractivity contribution is -0.951. The van der Waals surface area contributed by atoms with Gasteiger partial charge in [-0.3, -0.25) is 14.8 Å². The number of nitrogens with one attached hydrogen (secondary N) is 1. The van der Waals surface area contributed by atoms with Gasteiger partial charge in [0, 0.05) is 39.7 Å². The summed E-state index contributed by atoms with van der Waals surface area (Å²) in [4.78, 5) is 1.65. The first-order valence-electron chi connectivity index (χ1n) is 16.1. The van der Waals surface area contributed by atoms with E-state index in [0.29, 0.717) is 12.2 Å². The van der Waals surface area contributed by atoms with E-state index in [-0.39, 0.29) is 11.7 Å². The minimum Gasteiger partial charge on any atom is -0.309 e. The summed E-state index contributed by atoms with van der Waals surface area (Å²) >= 11 is 0. The molecule has 4 nitrogen and oxygen atoms in total. The topological polar surface area (TPSA) is 30.9 Å². The van der Waals surface area contributed by atoms with Crippen LogP contribution in [0.2, 0.25) is 0 Å². The van der Waals surface area contributed by atoms with E-state index in [1.54, 1.807) is 4.90 Å². The summed E-state index contributed by atoms with van der Waals surface area (Å²) in [6.45, 7) is 2.52. The van der Waals surface area contributed by atoms with Crippen LogP contribution in [0.15, 0.2) is 152 Å². The molecule has 2 aliphatic heterocycles. The maximum absolute atomic E-state index is 2.69. The Morgan fingerprint density at radius 3 is 1.78 bits per heavy atom. The third-order valence-electron chi connectivity index (χ3n) is 10.9. The molecule has 0 radical (unpaired) electrons. The molecule has 0 saturated carbocycles. The second-order valence-corrected chi connectivity index (χ2v) is 13.0. The fourth-order valence-corrected chi connectivity index (χ4v) is 9.01. The van der Waals surface area contributed by atoms with Gasteiger partial charge < -0.3 is 4.57 Å². The van der Waals surface area contributed by atoms with Gasteiger partial charge in [0.25, 0.3) is 0 Å². The zero-order chi connectivity index (χ0) is 29.7. The van der Waals surface area contributed by atoms with Crippen molar-refractivity contribution in [2.75, 3.05) is 0 Å². The smallest absolute Gasteiger partial charge is 0.241 e. The van der Waals surface area contributed by atoms with Crippen molar-refractivity contribution in [1.82, 2.24) is 9.13 Å². The van der Waals surface area contributed by atoms with E-state index in [9.17, 15) is 0 Å². The molecule has 216 valence electrons. The van der Waals surface area contributed by atoms with Gasteiger partial charge in [-0.05, 0) is 48.5 Å². The Labute approximate surface area is 261 Å². The number of benzene rings is 6. The number of nitrogens with zero attached hydrogens (tertiary/aromatic N) is 2. The third kappa shape index (κ3) is 3.33. The number of hydrogen-bond donors (Lipinski definition) is 2. The maximum Gasteiger partial charge on any atom is 0.241 e. The number of nitrogens with two attached hydrogens (primary N) is 1. The van der Waals surface area contributed by atoms with E-state index in [0.717, 1.165) is 0 Å². The summed E-state index contributed by atoms with van der Waals surface area (Å²) in [6, 6.07) is 56.3. The van der Waals surface area contributed by atoms with Crippen molar-refractivity contribution in [3.8, 4) is 5.69 Å². The van der Waals surface area contributed by atoms with Crippen molar-refractivity contribution < 1.29 is 10.2 Å². The Bertz CT molecular complexity index is 2350. The molecule has 5 unspecified atom stereocenters. The van der Waals surface area contributed by atoms with Crippen molar-refractivity contribution in [3.05, 3.63) is 163 Å². The average Bonchev–Trinajstić information content (AvgIpc) is 3.32. The van der Waals surface area contributed by atoms with Gasteiger partial charge in [-0.1, -0.05) is 103 Å². The molecule has 6 aromatic carbocycles. The highest BCUT2D eigenvalue weighted by Crippen LogP contribution is 2.48. The molecule has 2 saturated heterocycles. The standard InChI is InChI=1S/C41H32N4/c1-41-38(27-15-5-2-6-16-27)45(41)39(28-17-7-3-8-18-28)42-40(41)44-33-24-14-12-22-31(33)37-35(44)26-25-34-36(37)30-21-11-13-23-32(30)43(34)29-19-9-4-10-20-29/h2-26,38-40,42H,1H3/p+2. The molecule has 4 heterocycles. The van der Waals surface area contributed by atoms with Crippen molar-refractivity contribution in [3.63, 3.8) is 0 Å². The number of fused-ring (bicyclic) bond motifs is 8. The lowest BCUT2D eigenvalue weighted by atomic mass is 9.97. The molecule has 0 spiro atoms. The number of aromatic nitrogens is 2. The molecule has 8 aromatic rings. The van der Waals surface area contributed by atoms with Crippen LogP contribution >= 0.6 is 0 Å². The summed E-state index contributed by atoms with van der Waals surface area (Å²) in [5.41, 5.74) is 9.17. The van der Waals surface area contributed by atoms with E-state index < -0.39 is 0 Å². The number of rotatable bonds is 4. The average molecular weight is 583 g/mol. The minimum atomic E-state index is 0.0313. The zero-order valence-corrected chi connectivity index (χ0v) is 25.1. The van der Waals surface area contributed by atoms with Crippen molar-refractivity contribution in [2.45, 2.75) is 30.8 Å². The number of para-hydroxylation sites is 3. The molecule has 10 rings (SSSR count). The molecule has 4 heteroatoms. The molecule has 5 atom stereocenters. The Morgan fingerprint density at radius 2 is 1.07 bits per heavy atom. The number of quaternary nitrogens is 2. The molecule has 0 bridgehead atoms. The van der Waals surface area contributed by atoms with E-state index in [4.69, 9.17) is 0 Å². The molecule has 0 amide bonds. The first-order chi connectivity index (χ1) is 22.2. The van der Waals surface area contributed by atoms with Crippen LogP contribution in [0.5, 0.6) is 0 Å². The lowest BCUT2D eigenvalue weighted by Crippen LogP contribution is -3.05. The van der Waals surface area contributed by atoms with Crippen LogP contribution in [0.25, 0.3) is 49.3 Å². The maximum atomic E-state index is 2.69. The quantitative estimate of drug-likeness (QED) is 0.208. The summed E-state index contributed by atoms with van der Waals surface area (Å²) in [5, 5.41) is 7.96. The number of hydrogen-bond acceptors (Lipinski definition) is 0. The lowest BCUT2D eigenvalue weighted by Gasteiger charge is -2.19. The van der Waals surface area contributed by atoms with Gasteiger partial charge in [0.2, 0.25) is 17.9 Å². The second-order valence-electron chi connectivity index (χ2n) is 13.0. The molecule has 2 fully saturated rings. The molecule has 0 aliphatic carbocycles. The molecule has 3 N–H and O–H groups in total. The molecule has 45 heavy (non-hydrogen) atoms. The fourth-order valence-electron chi connectivity index (χ4n) is 9.01. The Balaban J connectivity index is 1.27. The summed E-state index contributed by atoms with van der Waals surface area (Å²) in [6.07, 6.45) is 0.552. The highest BCUT2D eigenvalue weighted by atomic mass is 15.6. The van der Waals surface area contributed by atoms with E-state index in [1.165, 1.54) is 60.4 Å². The molecule has 2 aliphatic rings. The second kappa shape index (κ2) is 9.18. The van der Waals surface area contributed by atoms with E-state index in [1.807, 2.05) is 0 Å². The monoisotopic (exact) mass is 582 g/mol. The highest BCUT2D eigenvalue weighted by Gasteiger charge is 2.81. The van der Waals surface area contributed by atoms with Crippen molar-refractivity contribution in [2.24, 2.45) is 0 Å². The van der Waals surface area contributed by atoms with Gasteiger partial charge in [-0.25, -0.2) is 0 Å². The summed E-state index contributed by atoms with van der Waals surface area (Å²) in [7, 11) is 0. The first-order valence-corrected chi connectivity index (χ1v) is 16.1. The van der Waals surface area contributed by atoms with Crippen LogP contribution in [-0.4, -0.2) is 14.7 Å². The largest absolute Gasteiger partial charge is 0.309 e. The van der Waals surface area contributed by atoms with Crippen LogP contribution in [0, 0.1) is 0 Å². The Hall–Kier alpha value is -5.16. The van der Waals surface area contributed by atoms with Gasteiger partial charge in [0.1, 0.15) is 0 Å². The Morgan fingerprint density at radius 1 is 0.533 bits per heavy atom. The third-order valence-corrected chi connectivity index (χ3v) is 10.9. The Kier molecular flexibility index (Phi) is 5.14. The van der Waals surface area contributed by atoms with Gasteiger partial charge in [-0.2, -0.15) is 0 Å². The van der Waals surface area contributed by atoms with Gasteiger partial charge in [-0.15, -0.1) is 0 Å². The van der Waals surface area contributed by atoms with Crippen LogP contribution < -0.4 is 10.2 Å². The first kappa shape index (κ1) is 25.2. The van der Waals surface area contributed by atoms with Gasteiger partial charge >= 0.3 is 0 Å². The van der Waals surface area contributed by atoms with E-state index in [2.05, 4.69) is 173 Å². The van der Waals surface area contributed by atoms with Crippen molar-refractivity contribution in [1.29, 1.82) is 0 Å². The van der Waals surface area contributed by atoms with Gasteiger partial charge in [0.15, 0.2) is 6.04 Å². The predicted molar refractivity (Wildman–Crippen MR) is 182 cm³/mol. The SMILES string of the molecule is CC12C(n3c4ccccc4c4c5c6ccccc6n(-c6ccccc6)c5ccc43)[NH2+]C(c3ccccc3)[NH+]1C2c1ccccc1. The van der Waals surface area contributed by atoms with Crippen LogP contribution in [0.4, 0.5) is 0 Å². The zero-order valence-electron chi connectivity index (χ0n) is 25.1. The van der Waals surface area contributed by atoms with Crippen LogP contribution in [-0.2, 0) is 0 Å². The highest BCUT2D eigenvalue weighted by molar-refractivity contribution is 6.28. The van der Waals surface area contributed by atoms with Crippen molar-refractivity contribution >= 4 is 43.6 Å². The fraction of sp³-hybridized carbons (Fsp3) is 0.122. The molecule has 2 aromatic heterocycles. The normalized spacial score (nSPS) is 24.1. The molecular formula is C41H34N4+2. The minimum absolute atomic E-state index is 0.0313. The van der Waals surface area contributed by atoms with E-state index >= 15 is 0 Å². The predicted octanol–water partition coefficient (Wildman–Crippen LogP) is 7.06.